The number of rotatable bonds is 7. The lowest BCUT2D eigenvalue weighted by atomic mass is 10.2. The molecular weight excluding hydrogens is 491 g/mol. The Kier molecular flexibility index (Phi) is 5.29. The lowest BCUT2D eigenvalue weighted by Crippen LogP contribution is -2.36. The number of anilines is 2. The van der Waals surface area contributed by atoms with Gasteiger partial charge in [-0.2, -0.15) is 13.2 Å². The van der Waals surface area contributed by atoms with Crippen LogP contribution in [0, 0.1) is 6.92 Å². The Morgan fingerprint density at radius 3 is 2.50 bits per heavy atom. The summed E-state index contributed by atoms with van der Waals surface area (Å²) in [6.45, 7) is 4.00. The van der Waals surface area contributed by atoms with Crippen molar-refractivity contribution >= 4 is 50.3 Å². The molecule has 2 aliphatic carbocycles. The highest BCUT2D eigenvalue weighted by atomic mass is 32.1. The molecule has 1 N–H and O–H groups in total. The third-order valence-electron chi connectivity index (χ3n) is 6.90. The van der Waals surface area contributed by atoms with Crippen LogP contribution >= 0.6 is 11.3 Å². The zero-order valence-corrected chi connectivity index (χ0v) is 21.0. The maximum absolute atomic E-state index is 13.3. The molecule has 0 saturated heterocycles. The van der Waals surface area contributed by atoms with E-state index in [1.54, 1.807) is 6.33 Å². The van der Waals surface area contributed by atoms with Crippen molar-refractivity contribution in [2.24, 2.45) is 7.05 Å². The normalized spacial score (nSPS) is 16.3. The Morgan fingerprint density at radius 1 is 1.22 bits per heavy atom. The molecule has 0 radical (unpaired) electrons. The van der Waals surface area contributed by atoms with Crippen molar-refractivity contribution in [3.05, 3.63) is 28.7 Å². The minimum absolute atomic E-state index is 0.0805. The molecule has 12 heteroatoms. The summed E-state index contributed by atoms with van der Waals surface area (Å²) in [6.07, 6.45) is 1.75. The molecule has 2 saturated carbocycles. The fourth-order valence-corrected chi connectivity index (χ4v) is 5.86. The van der Waals surface area contributed by atoms with Crippen LogP contribution in [-0.4, -0.2) is 47.0 Å². The molecule has 4 heterocycles. The van der Waals surface area contributed by atoms with E-state index >= 15 is 0 Å². The Bertz CT molecular complexity index is 1480. The number of imidazole rings is 1. The summed E-state index contributed by atoms with van der Waals surface area (Å²) in [6, 6.07) is 2.76. The molecule has 36 heavy (non-hydrogen) atoms. The first-order valence-corrected chi connectivity index (χ1v) is 12.9. The van der Waals surface area contributed by atoms with Gasteiger partial charge in [0, 0.05) is 41.6 Å². The van der Waals surface area contributed by atoms with Gasteiger partial charge in [-0.25, -0.2) is 15.0 Å². The average molecular weight is 518 g/mol. The van der Waals surface area contributed by atoms with E-state index in [1.165, 1.54) is 6.92 Å². The number of fused-ring (bicyclic) bond motifs is 3. The van der Waals surface area contributed by atoms with E-state index in [2.05, 4.69) is 20.2 Å². The van der Waals surface area contributed by atoms with Crippen LogP contribution in [0.25, 0.3) is 22.1 Å². The van der Waals surface area contributed by atoms with Gasteiger partial charge < -0.3 is 19.4 Å². The maximum atomic E-state index is 13.3. The second-order valence-corrected chi connectivity index (χ2v) is 10.8. The van der Waals surface area contributed by atoms with Crippen molar-refractivity contribution in [1.82, 2.24) is 29.0 Å². The number of thiazole rings is 1. The highest BCUT2D eigenvalue weighted by molar-refractivity contribution is 7.15. The van der Waals surface area contributed by atoms with Gasteiger partial charge >= 0.3 is 6.18 Å². The van der Waals surface area contributed by atoms with E-state index < -0.39 is 11.9 Å². The molecule has 4 aromatic rings. The van der Waals surface area contributed by atoms with Gasteiger partial charge in [0.25, 0.3) is 0 Å². The molecule has 0 atom stereocenters. The predicted octanol–water partition coefficient (Wildman–Crippen LogP) is 5.17. The molecular formula is C24H26F3N7OS. The SMILES string of the molecule is CCn1c(CC(=O)N(C2CC2)C2CC2)cc2c3c(ncn3C)c(Nc3nc(C(F)(F)F)c(C)s3)nc21. The van der Waals surface area contributed by atoms with Crippen molar-refractivity contribution in [2.45, 2.75) is 70.8 Å². The minimum atomic E-state index is -4.52. The number of nitrogens with one attached hydrogen (secondary N) is 1. The first-order valence-electron chi connectivity index (χ1n) is 12.1. The van der Waals surface area contributed by atoms with Crippen molar-refractivity contribution < 1.29 is 18.0 Å². The number of aryl methyl sites for hydroxylation is 3. The van der Waals surface area contributed by atoms with Gasteiger partial charge in [0.15, 0.2) is 16.6 Å². The number of amides is 1. The second-order valence-electron chi connectivity index (χ2n) is 9.62. The second kappa shape index (κ2) is 8.19. The molecule has 1 amide bonds. The van der Waals surface area contributed by atoms with Crippen molar-refractivity contribution in [2.75, 3.05) is 5.32 Å². The van der Waals surface area contributed by atoms with Crippen LogP contribution in [0.3, 0.4) is 0 Å². The molecule has 6 rings (SSSR count). The van der Waals surface area contributed by atoms with Gasteiger partial charge in [-0.3, -0.25) is 4.79 Å². The minimum Gasteiger partial charge on any atom is -0.336 e. The first kappa shape index (κ1) is 23.3. The topological polar surface area (TPSA) is 80.9 Å². The summed E-state index contributed by atoms with van der Waals surface area (Å²) in [7, 11) is 1.86. The Hall–Kier alpha value is -3.15. The number of hydrogen-bond donors (Lipinski definition) is 1. The van der Waals surface area contributed by atoms with Crippen LogP contribution < -0.4 is 5.32 Å². The van der Waals surface area contributed by atoms with E-state index in [4.69, 9.17) is 4.98 Å². The predicted molar refractivity (Wildman–Crippen MR) is 131 cm³/mol. The van der Waals surface area contributed by atoms with Crippen LogP contribution in [-0.2, 0) is 31.0 Å². The van der Waals surface area contributed by atoms with Gasteiger partial charge in [-0.1, -0.05) is 0 Å². The molecule has 0 unspecified atom stereocenters. The van der Waals surface area contributed by atoms with E-state index in [0.29, 0.717) is 42.0 Å². The summed E-state index contributed by atoms with van der Waals surface area (Å²) in [4.78, 5) is 28.5. The highest BCUT2D eigenvalue weighted by Gasteiger charge is 2.42. The van der Waals surface area contributed by atoms with Crippen molar-refractivity contribution in [3.63, 3.8) is 0 Å². The Balaban J connectivity index is 1.42. The molecule has 0 aromatic carbocycles. The van der Waals surface area contributed by atoms with Gasteiger partial charge in [-0.15, -0.1) is 11.3 Å². The largest absolute Gasteiger partial charge is 0.434 e. The monoisotopic (exact) mass is 517 g/mol. The summed E-state index contributed by atoms with van der Waals surface area (Å²) in [5.74, 6) is 0.485. The van der Waals surface area contributed by atoms with Crippen molar-refractivity contribution in [3.8, 4) is 0 Å². The zero-order valence-electron chi connectivity index (χ0n) is 20.2. The molecule has 4 aromatic heterocycles. The lowest BCUT2D eigenvalue weighted by molar-refractivity contribution is -0.141. The number of nitrogens with zero attached hydrogens (tertiary/aromatic N) is 6. The van der Waals surface area contributed by atoms with Crippen LogP contribution in [0.2, 0.25) is 0 Å². The number of carbonyl (C=O) groups is 1. The third-order valence-corrected chi connectivity index (χ3v) is 7.78. The van der Waals surface area contributed by atoms with Crippen molar-refractivity contribution in [1.29, 1.82) is 0 Å². The van der Waals surface area contributed by atoms with E-state index in [0.717, 1.165) is 53.6 Å². The Morgan fingerprint density at radius 2 is 1.92 bits per heavy atom. The summed E-state index contributed by atoms with van der Waals surface area (Å²) < 4.78 is 43.7. The van der Waals surface area contributed by atoms with Gasteiger partial charge in [0.05, 0.1) is 18.3 Å². The fraction of sp³-hybridized carbons (Fsp3) is 0.500. The molecule has 2 aliphatic rings. The molecule has 2 fully saturated rings. The standard InChI is InChI=1S/C24H26F3N7OS/c1-4-33-15(10-17(35)34(13-5-6-13)14-7-8-14)9-16-19-18(28-11-32(19)3)21(30-22(16)33)31-23-29-20(12(2)36-23)24(25,26)27/h9,11,13-14H,4-8,10H2,1-3H3,(H,29,30,31). The molecule has 8 nitrogen and oxygen atoms in total. The fourth-order valence-electron chi connectivity index (χ4n) is 5.02. The molecule has 190 valence electrons. The number of aromatic nitrogens is 5. The highest BCUT2D eigenvalue weighted by Crippen LogP contribution is 2.39. The van der Waals surface area contributed by atoms with Gasteiger partial charge in [0.1, 0.15) is 11.2 Å². The summed E-state index contributed by atoms with van der Waals surface area (Å²) >= 11 is 0.927. The lowest BCUT2D eigenvalue weighted by Gasteiger charge is -2.22. The summed E-state index contributed by atoms with van der Waals surface area (Å²) in [5.41, 5.74) is 1.97. The first-order chi connectivity index (χ1) is 17.2. The molecule has 0 bridgehead atoms. The van der Waals surface area contributed by atoms with Gasteiger partial charge in [-0.05, 0) is 45.6 Å². The quantitative estimate of drug-likeness (QED) is 0.366. The number of halogens is 3. The average Bonchev–Trinajstić information content (AvgIpc) is 3.72. The number of hydrogen-bond acceptors (Lipinski definition) is 6. The van der Waals surface area contributed by atoms with E-state index in [9.17, 15) is 18.0 Å². The van der Waals surface area contributed by atoms with Crippen LogP contribution in [0.1, 0.15) is 48.9 Å². The van der Waals surface area contributed by atoms with E-state index in [-0.39, 0.29) is 15.9 Å². The molecule has 0 aliphatic heterocycles. The number of alkyl halides is 3. The maximum Gasteiger partial charge on any atom is 0.434 e. The van der Waals surface area contributed by atoms with Crippen LogP contribution in [0.4, 0.5) is 24.1 Å². The van der Waals surface area contributed by atoms with E-state index in [1.807, 2.05) is 29.2 Å². The number of carbonyl (C=O) groups excluding carboxylic acids is 1. The zero-order chi connectivity index (χ0) is 25.4. The third kappa shape index (κ3) is 3.91. The van der Waals surface area contributed by atoms with Crippen LogP contribution in [0.5, 0.6) is 0 Å². The smallest absolute Gasteiger partial charge is 0.336 e. The molecule has 0 spiro atoms. The Labute approximate surface area is 209 Å². The number of pyridine rings is 1. The summed E-state index contributed by atoms with van der Waals surface area (Å²) in [5, 5.41) is 3.95. The van der Waals surface area contributed by atoms with Gasteiger partial charge in [0.2, 0.25) is 5.91 Å². The van der Waals surface area contributed by atoms with Crippen LogP contribution in [0.15, 0.2) is 12.4 Å².